The summed E-state index contributed by atoms with van der Waals surface area (Å²) in [6.07, 6.45) is 0. The van der Waals surface area contributed by atoms with Crippen LogP contribution in [0.3, 0.4) is 0 Å². The van der Waals surface area contributed by atoms with Crippen molar-refractivity contribution >= 4 is 44.9 Å². The molecule has 0 atom stereocenters. The van der Waals surface area contributed by atoms with E-state index in [4.69, 9.17) is 11.6 Å². The number of carbonyl (C=O) groups is 1. The van der Waals surface area contributed by atoms with Crippen molar-refractivity contribution in [3.8, 4) is 0 Å². The molecule has 5 nitrogen and oxygen atoms in total. The zero-order chi connectivity index (χ0) is 19.0. The van der Waals surface area contributed by atoms with Crippen molar-refractivity contribution in [1.29, 1.82) is 0 Å². The number of rotatable bonds is 4. The van der Waals surface area contributed by atoms with E-state index in [2.05, 4.69) is 15.4 Å². The number of aryl methyl sites for hydroxylation is 2. The molecule has 0 spiro atoms. The summed E-state index contributed by atoms with van der Waals surface area (Å²) in [5.41, 5.74) is 2.87. The summed E-state index contributed by atoms with van der Waals surface area (Å²) in [5, 5.41) is 9.18. The van der Waals surface area contributed by atoms with E-state index >= 15 is 0 Å². The van der Waals surface area contributed by atoms with Crippen LogP contribution in [0.5, 0.6) is 0 Å². The van der Waals surface area contributed by atoms with Gasteiger partial charge in [-0.2, -0.15) is 5.10 Å². The third kappa shape index (κ3) is 3.72. The van der Waals surface area contributed by atoms with Crippen molar-refractivity contribution in [3.05, 3.63) is 75.4 Å². The van der Waals surface area contributed by atoms with Gasteiger partial charge in [0.2, 0.25) is 0 Å². The molecule has 0 fully saturated rings. The number of pyridine rings is 1. The van der Waals surface area contributed by atoms with Crippen molar-refractivity contribution in [1.82, 2.24) is 14.8 Å². The van der Waals surface area contributed by atoms with Crippen LogP contribution in [-0.4, -0.2) is 20.7 Å². The SMILES string of the molecule is Cc1cccc(NC(=O)c2cc3c(C)nn(Cc4ccc(Cl)cc4)c3s2)n1. The van der Waals surface area contributed by atoms with Crippen LogP contribution in [0.15, 0.2) is 48.5 Å². The fourth-order valence-corrected chi connectivity index (χ4v) is 4.07. The van der Waals surface area contributed by atoms with Crippen LogP contribution >= 0.6 is 22.9 Å². The zero-order valence-corrected chi connectivity index (χ0v) is 16.4. The molecule has 3 aromatic heterocycles. The lowest BCUT2D eigenvalue weighted by Gasteiger charge is -2.04. The van der Waals surface area contributed by atoms with Gasteiger partial charge in [-0.15, -0.1) is 11.3 Å². The van der Waals surface area contributed by atoms with E-state index in [1.807, 2.05) is 61.0 Å². The molecule has 0 aliphatic rings. The van der Waals surface area contributed by atoms with E-state index in [1.54, 1.807) is 6.07 Å². The van der Waals surface area contributed by atoms with Crippen LogP contribution in [0.4, 0.5) is 5.82 Å². The molecule has 0 radical (unpaired) electrons. The van der Waals surface area contributed by atoms with E-state index in [0.29, 0.717) is 22.3 Å². The number of nitrogens with one attached hydrogen (secondary N) is 1. The number of anilines is 1. The Bertz CT molecular complexity index is 1130. The standard InChI is InChI=1S/C20H17ClN4OS/c1-12-4-3-5-18(22-12)23-19(26)17-10-16-13(2)24-25(20(16)27-17)11-14-6-8-15(21)9-7-14/h3-10H,11H2,1-2H3,(H,22,23,26). The summed E-state index contributed by atoms with van der Waals surface area (Å²) in [7, 11) is 0. The number of benzene rings is 1. The molecule has 136 valence electrons. The van der Waals surface area contributed by atoms with E-state index in [1.165, 1.54) is 11.3 Å². The number of halogens is 1. The molecule has 0 bridgehead atoms. The van der Waals surface area contributed by atoms with Gasteiger partial charge < -0.3 is 5.32 Å². The second-order valence-corrected chi connectivity index (χ2v) is 7.78. The Hall–Kier alpha value is -2.70. The van der Waals surface area contributed by atoms with E-state index in [0.717, 1.165) is 27.2 Å². The molecular weight excluding hydrogens is 380 g/mol. The maximum Gasteiger partial charge on any atom is 0.266 e. The molecule has 0 aliphatic carbocycles. The highest BCUT2D eigenvalue weighted by molar-refractivity contribution is 7.20. The van der Waals surface area contributed by atoms with Crippen LogP contribution in [0.25, 0.3) is 10.2 Å². The Labute approximate surface area is 165 Å². The van der Waals surface area contributed by atoms with Crippen molar-refractivity contribution in [2.45, 2.75) is 20.4 Å². The molecular formula is C20H17ClN4OS. The van der Waals surface area contributed by atoms with Gasteiger partial charge in [0.25, 0.3) is 5.91 Å². The minimum Gasteiger partial charge on any atom is -0.306 e. The maximum absolute atomic E-state index is 12.6. The molecule has 0 unspecified atom stereocenters. The largest absolute Gasteiger partial charge is 0.306 e. The molecule has 1 amide bonds. The number of amides is 1. The van der Waals surface area contributed by atoms with Crippen molar-refractivity contribution in [2.75, 3.05) is 5.32 Å². The van der Waals surface area contributed by atoms with Gasteiger partial charge in [0.1, 0.15) is 10.6 Å². The predicted octanol–water partition coefficient (Wildman–Crippen LogP) is 5.06. The quantitative estimate of drug-likeness (QED) is 0.524. The topological polar surface area (TPSA) is 59.8 Å². The zero-order valence-electron chi connectivity index (χ0n) is 14.9. The first-order chi connectivity index (χ1) is 13.0. The van der Waals surface area contributed by atoms with Gasteiger partial charge >= 0.3 is 0 Å². The van der Waals surface area contributed by atoms with Gasteiger partial charge in [0.15, 0.2) is 0 Å². The summed E-state index contributed by atoms with van der Waals surface area (Å²) < 4.78 is 1.93. The maximum atomic E-state index is 12.6. The third-order valence-electron chi connectivity index (χ3n) is 4.21. The first-order valence-electron chi connectivity index (χ1n) is 8.46. The number of hydrogen-bond donors (Lipinski definition) is 1. The first-order valence-corrected chi connectivity index (χ1v) is 9.65. The molecule has 4 aromatic rings. The highest BCUT2D eigenvalue weighted by atomic mass is 35.5. The lowest BCUT2D eigenvalue weighted by molar-refractivity contribution is 0.103. The molecule has 0 saturated carbocycles. The van der Waals surface area contributed by atoms with E-state index in [9.17, 15) is 4.79 Å². The average Bonchev–Trinajstić information content (AvgIpc) is 3.19. The summed E-state index contributed by atoms with van der Waals surface area (Å²) in [6.45, 7) is 4.48. The average molecular weight is 397 g/mol. The fraction of sp³-hybridized carbons (Fsp3) is 0.150. The summed E-state index contributed by atoms with van der Waals surface area (Å²) in [4.78, 5) is 18.6. The molecule has 0 saturated heterocycles. The van der Waals surface area contributed by atoms with Gasteiger partial charge in [-0.3, -0.25) is 9.48 Å². The second-order valence-electron chi connectivity index (χ2n) is 6.32. The lowest BCUT2D eigenvalue weighted by atomic mass is 10.2. The number of hydrogen-bond acceptors (Lipinski definition) is 4. The van der Waals surface area contributed by atoms with Crippen LogP contribution in [-0.2, 0) is 6.54 Å². The van der Waals surface area contributed by atoms with Crippen LogP contribution in [0.2, 0.25) is 5.02 Å². The summed E-state index contributed by atoms with van der Waals surface area (Å²) in [6, 6.07) is 15.1. The number of aromatic nitrogens is 3. The van der Waals surface area contributed by atoms with Gasteiger partial charge in [-0.05, 0) is 49.7 Å². The van der Waals surface area contributed by atoms with Crippen molar-refractivity contribution in [3.63, 3.8) is 0 Å². The number of nitrogens with zero attached hydrogens (tertiary/aromatic N) is 3. The summed E-state index contributed by atoms with van der Waals surface area (Å²) in [5.74, 6) is 0.392. The lowest BCUT2D eigenvalue weighted by Crippen LogP contribution is -2.11. The Morgan fingerprint density at radius 1 is 1.19 bits per heavy atom. The van der Waals surface area contributed by atoms with E-state index < -0.39 is 0 Å². The molecule has 27 heavy (non-hydrogen) atoms. The molecule has 3 heterocycles. The fourth-order valence-electron chi connectivity index (χ4n) is 2.89. The van der Waals surface area contributed by atoms with Crippen LogP contribution in [0.1, 0.15) is 26.6 Å². The summed E-state index contributed by atoms with van der Waals surface area (Å²) >= 11 is 7.39. The van der Waals surface area contributed by atoms with Gasteiger partial charge in [0.05, 0.1) is 17.1 Å². The van der Waals surface area contributed by atoms with Crippen LogP contribution < -0.4 is 5.32 Å². The van der Waals surface area contributed by atoms with Crippen molar-refractivity contribution < 1.29 is 4.79 Å². The third-order valence-corrected chi connectivity index (χ3v) is 5.61. The minimum absolute atomic E-state index is 0.160. The van der Waals surface area contributed by atoms with Gasteiger partial charge in [-0.25, -0.2) is 4.98 Å². The van der Waals surface area contributed by atoms with E-state index in [-0.39, 0.29) is 5.91 Å². The second kappa shape index (κ2) is 7.13. The smallest absolute Gasteiger partial charge is 0.266 e. The highest BCUT2D eigenvalue weighted by Gasteiger charge is 2.17. The number of carbonyl (C=O) groups excluding carboxylic acids is 1. The Morgan fingerprint density at radius 3 is 2.70 bits per heavy atom. The highest BCUT2D eigenvalue weighted by Crippen LogP contribution is 2.29. The molecule has 4 rings (SSSR count). The molecule has 1 N–H and O–H groups in total. The molecule has 0 aliphatic heterocycles. The molecule has 1 aromatic carbocycles. The number of fused-ring (bicyclic) bond motifs is 1. The normalized spacial score (nSPS) is 11.1. The molecule has 7 heteroatoms. The Balaban J connectivity index is 1.62. The first kappa shape index (κ1) is 17.7. The Morgan fingerprint density at radius 2 is 1.96 bits per heavy atom. The van der Waals surface area contributed by atoms with Crippen LogP contribution in [0, 0.1) is 13.8 Å². The van der Waals surface area contributed by atoms with Crippen molar-refractivity contribution in [2.24, 2.45) is 0 Å². The van der Waals surface area contributed by atoms with Gasteiger partial charge in [0, 0.05) is 16.1 Å². The monoisotopic (exact) mass is 396 g/mol. The Kier molecular flexibility index (Phi) is 4.68. The van der Waals surface area contributed by atoms with Gasteiger partial charge in [-0.1, -0.05) is 29.8 Å². The minimum atomic E-state index is -0.160. The number of thiophene rings is 1. The predicted molar refractivity (Wildman–Crippen MR) is 110 cm³/mol.